The van der Waals surface area contributed by atoms with Crippen molar-refractivity contribution < 1.29 is 9.59 Å². The highest BCUT2D eigenvalue weighted by Crippen LogP contribution is 2.23. The molecule has 0 aromatic carbocycles. The van der Waals surface area contributed by atoms with Gasteiger partial charge in [-0.3, -0.25) is 9.59 Å². The van der Waals surface area contributed by atoms with E-state index in [4.69, 9.17) is 0 Å². The Morgan fingerprint density at radius 3 is 2.59 bits per heavy atom. The summed E-state index contributed by atoms with van der Waals surface area (Å²) in [6.07, 6.45) is 3.87. The Kier molecular flexibility index (Phi) is 10.4. The molecule has 3 atom stereocenters. The highest BCUT2D eigenvalue weighted by Gasteiger charge is 2.33. The fraction of sp³-hybridized carbons (Fsp3) is 0.875. The number of hydrogen-bond donors (Lipinski definition) is 2. The van der Waals surface area contributed by atoms with Gasteiger partial charge in [-0.25, -0.2) is 0 Å². The summed E-state index contributed by atoms with van der Waals surface area (Å²) >= 11 is 0. The zero-order chi connectivity index (χ0) is 15.8. The second-order valence-electron chi connectivity index (χ2n) is 6.22. The smallest absolute Gasteiger partial charge is 0.226 e. The second-order valence-corrected chi connectivity index (χ2v) is 6.22. The Balaban J connectivity index is 0.00000441. The molecule has 22 heavy (non-hydrogen) atoms. The van der Waals surface area contributed by atoms with Crippen LogP contribution in [0.4, 0.5) is 0 Å². The van der Waals surface area contributed by atoms with Crippen LogP contribution >= 0.6 is 12.4 Å². The third-order valence-electron chi connectivity index (χ3n) is 4.30. The molecule has 2 amide bonds. The number of hydrogen-bond acceptors (Lipinski definition) is 3. The summed E-state index contributed by atoms with van der Waals surface area (Å²) in [6, 6.07) is 0.233. The fourth-order valence-electron chi connectivity index (χ4n) is 2.84. The minimum atomic E-state index is -0.0520. The Hall–Kier alpha value is -0.810. The van der Waals surface area contributed by atoms with Crippen molar-refractivity contribution in [2.45, 2.75) is 52.5 Å². The van der Waals surface area contributed by atoms with Crippen LogP contribution in [0.2, 0.25) is 0 Å². The molecule has 0 saturated carbocycles. The van der Waals surface area contributed by atoms with Crippen LogP contribution in [0, 0.1) is 11.8 Å². The molecule has 6 heteroatoms. The van der Waals surface area contributed by atoms with Gasteiger partial charge in [0.05, 0.1) is 5.92 Å². The van der Waals surface area contributed by atoms with Gasteiger partial charge in [-0.05, 0) is 33.2 Å². The first kappa shape index (κ1) is 21.2. The van der Waals surface area contributed by atoms with E-state index in [9.17, 15) is 9.59 Å². The number of amides is 2. The molecule has 130 valence electrons. The average molecular weight is 334 g/mol. The van der Waals surface area contributed by atoms with E-state index in [1.165, 1.54) is 0 Å². The molecule has 1 fully saturated rings. The van der Waals surface area contributed by atoms with Crippen molar-refractivity contribution in [3.63, 3.8) is 0 Å². The maximum absolute atomic E-state index is 12.5. The van der Waals surface area contributed by atoms with Gasteiger partial charge in [0.2, 0.25) is 11.8 Å². The fourth-order valence-corrected chi connectivity index (χ4v) is 2.84. The SMILES string of the molecule is CCCCNC(=O)C1CCC(C)N(C(=O)C(C)CNC)C1.Cl. The van der Waals surface area contributed by atoms with Crippen LogP contribution in [0.1, 0.15) is 46.5 Å². The predicted octanol–water partition coefficient (Wildman–Crippen LogP) is 1.81. The van der Waals surface area contributed by atoms with Gasteiger partial charge >= 0.3 is 0 Å². The second kappa shape index (κ2) is 10.8. The molecule has 5 nitrogen and oxygen atoms in total. The molecule has 1 saturated heterocycles. The Morgan fingerprint density at radius 1 is 1.32 bits per heavy atom. The quantitative estimate of drug-likeness (QED) is 0.698. The first-order valence-corrected chi connectivity index (χ1v) is 8.24. The first-order chi connectivity index (χ1) is 10.0. The van der Waals surface area contributed by atoms with E-state index in [0.29, 0.717) is 13.1 Å². The molecule has 0 aliphatic carbocycles. The van der Waals surface area contributed by atoms with Gasteiger partial charge in [-0.1, -0.05) is 20.3 Å². The van der Waals surface area contributed by atoms with E-state index in [1.54, 1.807) is 0 Å². The van der Waals surface area contributed by atoms with Gasteiger partial charge in [0, 0.05) is 31.6 Å². The van der Waals surface area contributed by atoms with Crippen molar-refractivity contribution >= 4 is 24.2 Å². The van der Waals surface area contributed by atoms with Crippen LogP contribution in [-0.2, 0) is 9.59 Å². The summed E-state index contributed by atoms with van der Waals surface area (Å²) in [5.41, 5.74) is 0. The van der Waals surface area contributed by atoms with E-state index in [2.05, 4.69) is 24.5 Å². The summed E-state index contributed by atoms with van der Waals surface area (Å²) in [5, 5.41) is 6.04. The number of carbonyl (C=O) groups excluding carboxylic acids is 2. The van der Waals surface area contributed by atoms with E-state index in [0.717, 1.165) is 32.2 Å². The van der Waals surface area contributed by atoms with Crippen molar-refractivity contribution in [1.82, 2.24) is 15.5 Å². The third-order valence-corrected chi connectivity index (χ3v) is 4.30. The van der Waals surface area contributed by atoms with Crippen LogP contribution in [-0.4, -0.2) is 49.4 Å². The molecule has 0 aromatic heterocycles. The van der Waals surface area contributed by atoms with E-state index >= 15 is 0 Å². The lowest BCUT2D eigenvalue weighted by Gasteiger charge is -2.38. The van der Waals surface area contributed by atoms with Crippen LogP contribution in [0.3, 0.4) is 0 Å². The van der Waals surface area contributed by atoms with Crippen molar-refractivity contribution in [2.75, 3.05) is 26.7 Å². The molecule has 3 unspecified atom stereocenters. The number of piperidine rings is 1. The highest BCUT2D eigenvalue weighted by molar-refractivity contribution is 5.85. The molecule has 1 heterocycles. The largest absolute Gasteiger partial charge is 0.356 e. The Morgan fingerprint density at radius 2 is 2.00 bits per heavy atom. The lowest BCUT2D eigenvalue weighted by Crippen LogP contribution is -2.51. The lowest BCUT2D eigenvalue weighted by molar-refractivity contribution is -0.141. The van der Waals surface area contributed by atoms with Crippen LogP contribution in [0.25, 0.3) is 0 Å². The van der Waals surface area contributed by atoms with Gasteiger partial charge < -0.3 is 15.5 Å². The Bertz CT molecular complexity index is 352. The first-order valence-electron chi connectivity index (χ1n) is 8.24. The number of carbonyl (C=O) groups is 2. The summed E-state index contributed by atoms with van der Waals surface area (Å²) in [5.74, 6) is 0.167. The van der Waals surface area contributed by atoms with Gasteiger partial charge in [0.1, 0.15) is 0 Å². The van der Waals surface area contributed by atoms with E-state index < -0.39 is 0 Å². The molecular formula is C16H32ClN3O2. The minimum Gasteiger partial charge on any atom is -0.356 e. The molecular weight excluding hydrogens is 302 g/mol. The summed E-state index contributed by atoms with van der Waals surface area (Å²) < 4.78 is 0. The van der Waals surface area contributed by atoms with E-state index in [1.807, 2.05) is 18.9 Å². The van der Waals surface area contributed by atoms with Crippen LogP contribution in [0.5, 0.6) is 0 Å². The van der Waals surface area contributed by atoms with Gasteiger partial charge in [0.25, 0.3) is 0 Å². The Labute approximate surface area is 141 Å². The molecule has 0 radical (unpaired) electrons. The van der Waals surface area contributed by atoms with E-state index in [-0.39, 0.29) is 42.1 Å². The molecule has 0 spiro atoms. The standard InChI is InChI=1S/C16H31N3O2.ClH/c1-5-6-9-18-15(20)14-8-7-13(3)19(11-14)16(21)12(2)10-17-4;/h12-14,17H,5-11H2,1-4H3,(H,18,20);1H. The van der Waals surface area contributed by atoms with Gasteiger partial charge in [0.15, 0.2) is 0 Å². The average Bonchev–Trinajstić information content (AvgIpc) is 2.47. The summed E-state index contributed by atoms with van der Waals surface area (Å²) in [6.45, 7) is 8.11. The number of nitrogens with zero attached hydrogens (tertiary/aromatic N) is 1. The normalized spacial score (nSPS) is 22.6. The maximum Gasteiger partial charge on any atom is 0.226 e. The van der Waals surface area contributed by atoms with Crippen molar-refractivity contribution in [1.29, 1.82) is 0 Å². The molecule has 2 N–H and O–H groups in total. The molecule has 1 rings (SSSR count). The molecule has 1 aliphatic rings. The highest BCUT2D eigenvalue weighted by atomic mass is 35.5. The van der Waals surface area contributed by atoms with Crippen molar-refractivity contribution in [3.05, 3.63) is 0 Å². The van der Waals surface area contributed by atoms with Gasteiger partial charge in [-0.15, -0.1) is 12.4 Å². The van der Waals surface area contributed by atoms with Crippen LogP contribution in [0.15, 0.2) is 0 Å². The number of nitrogens with one attached hydrogen (secondary N) is 2. The molecule has 1 aliphatic heterocycles. The number of rotatable bonds is 7. The lowest BCUT2D eigenvalue weighted by atomic mass is 9.91. The maximum atomic E-state index is 12.5. The topological polar surface area (TPSA) is 61.4 Å². The zero-order valence-electron chi connectivity index (χ0n) is 14.4. The third kappa shape index (κ3) is 6.13. The summed E-state index contributed by atoms with van der Waals surface area (Å²) in [4.78, 5) is 26.6. The monoisotopic (exact) mass is 333 g/mol. The number of likely N-dealkylation sites (tertiary alicyclic amines) is 1. The van der Waals surface area contributed by atoms with Crippen molar-refractivity contribution in [2.24, 2.45) is 11.8 Å². The van der Waals surface area contributed by atoms with Gasteiger partial charge in [-0.2, -0.15) is 0 Å². The predicted molar refractivity (Wildman–Crippen MR) is 92.2 cm³/mol. The molecule has 0 bridgehead atoms. The summed E-state index contributed by atoms with van der Waals surface area (Å²) in [7, 11) is 1.85. The zero-order valence-corrected chi connectivity index (χ0v) is 15.2. The number of halogens is 1. The van der Waals surface area contributed by atoms with Crippen LogP contribution < -0.4 is 10.6 Å². The molecule has 0 aromatic rings. The minimum absolute atomic E-state index is 0. The van der Waals surface area contributed by atoms with Crippen molar-refractivity contribution in [3.8, 4) is 0 Å². The number of unbranched alkanes of at least 4 members (excludes halogenated alkanes) is 1.